The average molecular weight is 390 g/mol. The second-order valence-electron chi connectivity index (χ2n) is 3.41. The van der Waals surface area contributed by atoms with Gasteiger partial charge in [0.15, 0.2) is 0 Å². The van der Waals surface area contributed by atoms with E-state index in [1.807, 2.05) is 12.1 Å². The number of nitrogens with zero attached hydrogens (tertiary/aromatic N) is 1. The van der Waals surface area contributed by atoms with Crippen LogP contribution in [0.3, 0.4) is 0 Å². The first kappa shape index (κ1) is 13.7. The summed E-state index contributed by atoms with van der Waals surface area (Å²) in [6.07, 6.45) is 0. The molecule has 0 aliphatic heterocycles. The molecule has 0 saturated carbocycles. The molecular formula is C12H8Br2NO2S-. The Labute approximate surface area is 124 Å². The van der Waals surface area contributed by atoms with Gasteiger partial charge in [0.25, 0.3) is 0 Å². The number of hydrogen-bond acceptors (Lipinski definition) is 2. The Morgan fingerprint density at radius 1 is 0.889 bits per heavy atom. The van der Waals surface area contributed by atoms with E-state index < -0.39 is 11.3 Å². The highest BCUT2D eigenvalue weighted by Crippen LogP contribution is 2.36. The van der Waals surface area contributed by atoms with Gasteiger partial charge in [0.1, 0.15) is 0 Å². The summed E-state index contributed by atoms with van der Waals surface area (Å²) in [5.74, 6) is 0. The number of hydrogen-bond donors (Lipinski definition) is 0. The van der Waals surface area contributed by atoms with Crippen LogP contribution in [0.25, 0.3) is 0 Å². The van der Waals surface area contributed by atoms with Crippen LogP contribution in [0.4, 0.5) is 11.4 Å². The summed E-state index contributed by atoms with van der Waals surface area (Å²) in [6.45, 7) is 0. The Balaban J connectivity index is 2.58. The van der Waals surface area contributed by atoms with Crippen LogP contribution in [0.1, 0.15) is 0 Å². The minimum absolute atomic E-state index is 0.567. The van der Waals surface area contributed by atoms with Gasteiger partial charge in [0.2, 0.25) is 0 Å². The third kappa shape index (κ3) is 2.83. The van der Waals surface area contributed by atoms with Gasteiger partial charge in [0.05, 0.1) is 22.6 Å². The zero-order valence-corrected chi connectivity index (χ0v) is 13.0. The minimum Gasteiger partial charge on any atom is -0.755 e. The summed E-state index contributed by atoms with van der Waals surface area (Å²) in [6, 6.07) is 14.3. The van der Waals surface area contributed by atoms with Gasteiger partial charge < -0.3 is 4.55 Å². The Morgan fingerprint density at radius 3 is 1.61 bits per heavy atom. The molecule has 0 spiro atoms. The first-order valence-electron chi connectivity index (χ1n) is 5.00. The molecule has 6 heteroatoms. The van der Waals surface area contributed by atoms with Crippen molar-refractivity contribution >= 4 is 54.5 Å². The lowest BCUT2D eigenvalue weighted by Gasteiger charge is -2.28. The van der Waals surface area contributed by atoms with Gasteiger partial charge in [-0.3, -0.25) is 8.51 Å². The number of anilines is 2. The fourth-order valence-corrected chi connectivity index (χ4v) is 3.32. The van der Waals surface area contributed by atoms with Crippen molar-refractivity contribution < 1.29 is 8.76 Å². The van der Waals surface area contributed by atoms with E-state index in [-0.39, 0.29) is 0 Å². The van der Waals surface area contributed by atoms with Crippen LogP contribution in [0, 0.1) is 0 Å². The molecule has 0 amide bonds. The van der Waals surface area contributed by atoms with Gasteiger partial charge in [-0.05, 0) is 56.1 Å². The summed E-state index contributed by atoms with van der Waals surface area (Å²) in [5.41, 5.74) is 1.13. The topological polar surface area (TPSA) is 43.4 Å². The average Bonchev–Trinajstić information content (AvgIpc) is 2.34. The first-order chi connectivity index (χ1) is 8.61. The molecule has 0 fully saturated rings. The van der Waals surface area contributed by atoms with Gasteiger partial charge >= 0.3 is 0 Å². The summed E-state index contributed by atoms with van der Waals surface area (Å²) in [4.78, 5) is 0. The first-order valence-corrected chi connectivity index (χ1v) is 7.61. The zero-order chi connectivity index (χ0) is 13.1. The van der Waals surface area contributed by atoms with E-state index in [1.165, 1.54) is 4.31 Å². The van der Waals surface area contributed by atoms with Gasteiger partial charge in [-0.1, -0.05) is 24.3 Å². The molecule has 0 radical (unpaired) electrons. The summed E-state index contributed by atoms with van der Waals surface area (Å²) >= 11 is 4.31. The SMILES string of the molecule is O=S([O-])N(c1ccccc1Br)c1ccccc1Br. The van der Waals surface area contributed by atoms with Crippen LogP contribution in [-0.4, -0.2) is 8.76 Å². The fourth-order valence-electron chi connectivity index (χ4n) is 1.52. The van der Waals surface area contributed by atoms with E-state index in [2.05, 4.69) is 31.9 Å². The highest BCUT2D eigenvalue weighted by Gasteiger charge is 2.15. The van der Waals surface area contributed by atoms with Crippen molar-refractivity contribution in [1.29, 1.82) is 0 Å². The number of rotatable bonds is 3. The quantitative estimate of drug-likeness (QED) is 0.740. The van der Waals surface area contributed by atoms with E-state index in [9.17, 15) is 8.76 Å². The van der Waals surface area contributed by atoms with Crippen LogP contribution in [0.5, 0.6) is 0 Å². The molecule has 2 rings (SSSR count). The number of benzene rings is 2. The van der Waals surface area contributed by atoms with Crippen LogP contribution in [0.15, 0.2) is 57.5 Å². The third-order valence-electron chi connectivity index (χ3n) is 2.29. The normalized spacial score (nSPS) is 12.2. The molecule has 2 aromatic rings. The van der Waals surface area contributed by atoms with Gasteiger partial charge in [-0.25, -0.2) is 0 Å². The molecule has 18 heavy (non-hydrogen) atoms. The predicted molar refractivity (Wildman–Crippen MR) is 79.3 cm³/mol. The van der Waals surface area contributed by atoms with Crippen molar-refractivity contribution in [3.63, 3.8) is 0 Å². The van der Waals surface area contributed by atoms with Crippen molar-refractivity contribution in [2.45, 2.75) is 0 Å². The third-order valence-corrected chi connectivity index (χ3v) is 4.32. The number of para-hydroxylation sites is 2. The second-order valence-corrected chi connectivity index (χ2v) is 5.92. The van der Waals surface area contributed by atoms with Crippen molar-refractivity contribution in [2.24, 2.45) is 0 Å². The van der Waals surface area contributed by atoms with Crippen molar-refractivity contribution in [2.75, 3.05) is 4.31 Å². The van der Waals surface area contributed by atoms with Gasteiger partial charge in [-0.15, -0.1) is 0 Å². The van der Waals surface area contributed by atoms with E-state index in [0.29, 0.717) is 20.3 Å². The van der Waals surface area contributed by atoms with Crippen LogP contribution < -0.4 is 4.31 Å². The van der Waals surface area contributed by atoms with Crippen molar-refractivity contribution in [3.05, 3.63) is 57.5 Å². The Hall–Kier alpha value is -0.690. The van der Waals surface area contributed by atoms with Gasteiger partial charge in [0, 0.05) is 8.95 Å². The standard InChI is InChI=1S/C12H9Br2NO2S/c13-9-5-1-3-7-11(9)15(18(16)17)12-8-4-2-6-10(12)14/h1-8H,(H,16,17)/p-1. The van der Waals surface area contributed by atoms with E-state index in [1.54, 1.807) is 36.4 Å². The lowest BCUT2D eigenvalue weighted by Crippen LogP contribution is -2.20. The molecule has 0 saturated heterocycles. The van der Waals surface area contributed by atoms with Crippen molar-refractivity contribution in [3.8, 4) is 0 Å². The lowest BCUT2D eigenvalue weighted by atomic mass is 10.3. The highest BCUT2D eigenvalue weighted by molar-refractivity contribution is 9.11. The van der Waals surface area contributed by atoms with Crippen LogP contribution >= 0.6 is 31.9 Å². The minimum atomic E-state index is -2.40. The molecule has 0 N–H and O–H groups in total. The smallest absolute Gasteiger partial charge is 0.0680 e. The van der Waals surface area contributed by atoms with Crippen molar-refractivity contribution in [1.82, 2.24) is 0 Å². The molecule has 3 nitrogen and oxygen atoms in total. The fraction of sp³-hybridized carbons (Fsp3) is 0. The lowest BCUT2D eigenvalue weighted by molar-refractivity contribution is 0.537. The molecule has 1 atom stereocenters. The summed E-state index contributed by atoms with van der Waals surface area (Å²) in [5, 5.41) is 0. The Morgan fingerprint density at radius 2 is 1.28 bits per heavy atom. The van der Waals surface area contributed by atoms with E-state index in [0.717, 1.165) is 0 Å². The van der Waals surface area contributed by atoms with Crippen LogP contribution in [0.2, 0.25) is 0 Å². The predicted octanol–water partition coefficient (Wildman–Crippen LogP) is 4.14. The summed E-state index contributed by atoms with van der Waals surface area (Å²) < 4.78 is 25.6. The maximum Gasteiger partial charge on any atom is 0.0680 e. The monoisotopic (exact) mass is 388 g/mol. The molecule has 94 valence electrons. The zero-order valence-electron chi connectivity index (χ0n) is 9.05. The van der Waals surface area contributed by atoms with Crippen LogP contribution in [-0.2, 0) is 11.3 Å². The Kier molecular flexibility index (Phi) is 4.55. The molecule has 1 unspecified atom stereocenters. The largest absolute Gasteiger partial charge is 0.755 e. The molecule has 0 aliphatic rings. The molecule has 0 aliphatic carbocycles. The molecule has 2 aromatic carbocycles. The Bertz CT molecular complexity index is 546. The summed E-state index contributed by atoms with van der Waals surface area (Å²) in [7, 11) is 0. The molecule has 0 heterocycles. The molecule has 0 aromatic heterocycles. The maximum absolute atomic E-state index is 11.5. The molecule has 0 bridgehead atoms. The van der Waals surface area contributed by atoms with Gasteiger partial charge in [-0.2, -0.15) is 0 Å². The highest BCUT2D eigenvalue weighted by atomic mass is 79.9. The number of halogens is 2. The maximum atomic E-state index is 11.5. The second kappa shape index (κ2) is 5.97. The molecular weight excluding hydrogens is 382 g/mol. The van der Waals surface area contributed by atoms with E-state index in [4.69, 9.17) is 0 Å². The van der Waals surface area contributed by atoms with E-state index >= 15 is 0 Å².